The fourth-order valence-electron chi connectivity index (χ4n) is 2.64. The molecule has 1 aromatic heterocycles. The van der Waals surface area contributed by atoms with Gasteiger partial charge in [0.1, 0.15) is 0 Å². The lowest BCUT2D eigenvalue weighted by Crippen LogP contribution is -2.26. The van der Waals surface area contributed by atoms with Crippen LogP contribution in [0.15, 0.2) is 12.3 Å². The lowest BCUT2D eigenvalue weighted by atomic mass is 9.89. The van der Waals surface area contributed by atoms with Gasteiger partial charge in [-0.25, -0.2) is 9.37 Å². The molecular weight excluding hydrogens is 251 g/mol. The van der Waals surface area contributed by atoms with E-state index in [-0.39, 0.29) is 5.82 Å². The van der Waals surface area contributed by atoms with Crippen LogP contribution in [0.25, 0.3) is 0 Å². The van der Waals surface area contributed by atoms with Gasteiger partial charge in [0.2, 0.25) is 0 Å². The van der Waals surface area contributed by atoms with E-state index in [1.807, 2.05) is 4.90 Å². The van der Waals surface area contributed by atoms with Gasteiger partial charge in [-0.1, -0.05) is 25.4 Å². The molecule has 0 aliphatic carbocycles. The number of pyridine rings is 1. The number of nitrogens with zero attached hydrogens (tertiary/aromatic N) is 2. The summed E-state index contributed by atoms with van der Waals surface area (Å²) in [6.45, 7) is 6.30. The third-order valence-corrected chi connectivity index (χ3v) is 4.01. The molecule has 2 heterocycles. The molecule has 0 saturated carbocycles. The smallest absolute Gasteiger partial charge is 0.167 e. The monoisotopic (exact) mass is 270 g/mol. The minimum atomic E-state index is -0.314. The Balaban J connectivity index is 2.10. The van der Waals surface area contributed by atoms with Gasteiger partial charge in [-0.2, -0.15) is 0 Å². The largest absolute Gasteiger partial charge is 0.354 e. The number of rotatable bonds is 2. The summed E-state index contributed by atoms with van der Waals surface area (Å²) in [4.78, 5) is 6.18. The highest BCUT2D eigenvalue weighted by molar-refractivity contribution is 6.30. The van der Waals surface area contributed by atoms with Crippen LogP contribution < -0.4 is 4.90 Å². The first-order valence-corrected chi connectivity index (χ1v) is 7.01. The quantitative estimate of drug-likeness (QED) is 0.803. The predicted octanol–water partition coefficient (Wildman–Crippen LogP) is 4.14. The van der Waals surface area contributed by atoms with E-state index < -0.39 is 0 Å². The Bertz CT molecular complexity index is 409. The maximum Gasteiger partial charge on any atom is 0.167 e. The maximum atomic E-state index is 13.8. The fraction of sp³-hybridized carbons (Fsp3) is 0.643. The van der Waals surface area contributed by atoms with Crippen molar-refractivity contribution < 1.29 is 4.39 Å². The third-order valence-electron chi connectivity index (χ3n) is 3.80. The summed E-state index contributed by atoms with van der Waals surface area (Å²) in [7, 11) is 0. The van der Waals surface area contributed by atoms with Crippen molar-refractivity contribution in [3.63, 3.8) is 0 Å². The third kappa shape index (κ3) is 3.14. The molecule has 1 fully saturated rings. The lowest BCUT2D eigenvalue weighted by Gasteiger charge is -2.22. The molecule has 18 heavy (non-hydrogen) atoms. The molecule has 0 radical (unpaired) electrons. The highest BCUT2D eigenvalue weighted by atomic mass is 35.5. The summed E-state index contributed by atoms with van der Waals surface area (Å²) >= 11 is 5.73. The average Bonchev–Trinajstić information content (AvgIpc) is 2.54. The van der Waals surface area contributed by atoms with Gasteiger partial charge in [-0.05, 0) is 37.2 Å². The van der Waals surface area contributed by atoms with Gasteiger partial charge in [0.25, 0.3) is 0 Å². The van der Waals surface area contributed by atoms with E-state index in [1.54, 1.807) is 0 Å². The minimum absolute atomic E-state index is 0.314. The predicted molar refractivity (Wildman–Crippen MR) is 73.6 cm³/mol. The zero-order valence-corrected chi connectivity index (χ0v) is 11.8. The van der Waals surface area contributed by atoms with Gasteiger partial charge in [-0.3, -0.25) is 0 Å². The molecule has 2 nitrogen and oxygen atoms in total. The summed E-state index contributed by atoms with van der Waals surface area (Å²) in [5.74, 6) is 1.58. The number of hydrogen-bond donors (Lipinski definition) is 0. The van der Waals surface area contributed by atoms with Crippen molar-refractivity contribution in [2.75, 3.05) is 18.0 Å². The lowest BCUT2D eigenvalue weighted by molar-refractivity contribution is 0.351. The van der Waals surface area contributed by atoms with Crippen LogP contribution in [0.2, 0.25) is 5.02 Å². The molecule has 0 bridgehead atoms. The van der Waals surface area contributed by atoms with E-state index in [1.165, 1.54) is 18.7 Å². The number of aromatic nitrogens is 1. The molecule has 1 atom stereocenters. The standard InChI is InChI=1S/C14H20ClFN2/c1-10(2)11-4-3-6-18(7-5-11)14-13(16)8-12(15)9-17-14/h8-11H,3-7H2,1-2H3. The molecule has 1 aliphatic heterocycles. The maximum absolute atomic E-state index is 13.8. The van der Waals surface area contributed by atoms with Crippen LogP contribution in [-0.4, -0.2) is 18.1 Å². The summed E-state index contributed by atoms with van der Waals surface area (Å²) in [5.41, 5.74) is 0. The van der Waals surface area contributed by atoms with Crippen LogP contribution in [0.5, 0.6) is 0 Å². The molecule has 0 aromatic carbocycles. The molecule has 0 spiro atoms. The molecule has 1 saturated heterocycles. The van der Waals surface area contributed by atoms with E-state index in [9.17, 15) is 4.39 Å². The van der Waals surface area contributed by atoms with E-state index >= 15 is 0 Å². The topological polar surface area (TPSA) is 16.1 Å². The van der Waals surface area contributed by atoms with Crippen molar-refractivity contribution in [2.24, 2.45) is 11.8 Å². The van der Waals surface area contributed by atoms with Crippen molar-refractivity contribution in [1.29, 1.82) is 0 Å². The van der Waals surface area contributed by atoms with E-state index in [4.69, 9.17) is 11.6 Å². The first-order chi connectivity index (χ1) is 8.58. The number of hydrogen-bond acceptors (Lipinski definition) is 2. The molecule has 1 aromatic rings. The van der Waals surface area contributed by atoms with Crippen molar-refractivity contribution in [1.82, 2.24) is 4.98 Å². The van der Waals surface area contributed by atoms with Gasteiger partial charge >= 0.3 is 0 Å². The Hall–Kier alpha value is -0.830. The second-order valence-electron chi connectivity index (χ2n) is 5.38. The Morgan fingerprint density at radius 3 is 2.83 bits per heavy atom. The Kier molecular flexibility index (Phi) is 4.44. The summed E-state index contributed by atoms with van der Waals surface area (Å²) < 4.78 is 13.8. The summed E-state index contributed by atoms with van der Waals surface area (Å²) in [6.07, 6.45) is 4.96. The Morgan fingerprint density at radius 2 is 2.17 bits per heavy atom. The zero-order chi connectivity index (χ0) is 13.1. The fourth-order valence-corrected chi connectivity index (χ4v) is 2.79. The summed E-state index contributed by atoms with van der Waals surface area (Å²) in [5, 5.41) is 0.353. The molecule has 100 valence electrons. The molecule has 1 unspecified atom stereocenters. The highest BCUT2D eigenvalue weighted by Crippen LogP contribution is 2.28. The van der Waals surface area contributed by atoms with Crippen molar-refractivity contribution in [2.45, 2.75) is 33.1 Å². The van der Waals surface area contributed by atoms with Gasteiger partial charge in [-0.15, -0.1) is 0 Å². The molecule has 0 amide bonds. The van der Waals surface area contributed by atoms with Crippen molar-refractivity contribution in [3.8, 4) is 0 Å². The minimum Gasteiger partial charge on any atom is -0.354 e. The molecule has 1 aliphatic rings. The van der Waals surface area contributed by atoms with E-state index in [0.717, 1.165) is 31.8 Å². The van der Waals surface area contributed by atoms with Crippen molar-refractivity contribution >= 4 is 17.4 Å². The number of anilines is 1. The second-order valence-corrected chi connectivity index (χ2v) is 5.82. The van der Waals surface area contributed by atoms with Crippen LogP contribution in [-0.2, 0) is 0 Å². The first kappa shape index (κ1) is 13.6. The van der Waals surface area contributed by atoms with Crippen molar-refractivity contribution in [3.05, 3.63) is 23.1 Å². The Morgan fingerprint density at radius 1 is 1.39 bits per heavy atom. The normalized spacial score (nSPS) is 21.2. The van der Waals surface area contributed by atoms with Gasteiger partial charge < -0.3 is 4.90 Å². The second kappa shape index (κ2) is 5.87. The zero-order valence-electron chi connectivity index (χ0n) is 11.0. The summed E-state index contributed by atoms with van der Waals surface area (Å²) in [6, 6.07) is 1.34. The van der Waals surface area contributed by atoms with Crippen LogP contribution in [0.4, 0.5) is 10.2 Å². The highest BCUT2D eigenvalue weighted by Gasteiger charge is 2.21. The van der Waals surface area contributed by atoms with Gasteiger partial charge in [0.05, 0.1) is 5.02 Å². The van der Waals surface area contributed by atoms with Crippen LogP contribution in [0.1, 0.15) is 33.1 Å². The molecular formula is C14H20ClFN2. The van der Waals surface area contributed by atoms with Crippen LogP contribution >= 0.6 is 11.6 Å². The molecule has 0 N–H and O–H groups in total. The van der Waals surface area contributed by atoms with Crippen LogP contribution in [0, 0.1) is 17.7 Å². The first-order valence-electron chi connectivity index (χ1n) is 6.64. The SMILES string of the molecule is CC(C)C1CCCN(c2ncc(Cl)cc2F)CC1. The average molecular weight is 271 g/mol. The number of halogens is 2. The van der Waals surface area contributed by atoms with E-state index in [2.05, 4.69) is 18.8 Å². The molecule has 4 heteroatoms. The molecule has 2 rings (SSSR count). The van der Waals surface area contributed by atoms with Gasteiger partial charge in [0, 0.05) is 19.3 Å². The van der Waals surface area contributed by atoms with Gasteiger partial charge in [0.15, 0.2) is 11.6 Å². The van der Waals surface area contributed by atoms with E-state index in [0.29, 0.717) is 16.8 Å². The van der Waals surface area contributed by atoms with Crippen LogP contribution in [0.3, 0.4) is 0 Å². The Labute approximate surface area is 113 Å².